The first-order valence-electron chi connectivity index (χ1n) is 6.98. The predicted molar refractivity (Wildman–Crippen MR) is 88.0 cm³/mol. The number of carbonyl (C=O) groups is 1. The monoisotopic (exact) mass is 368 g/mol. The molecule has 1 amide bonds. The lowest BCUT2D eigenvalue weighted by Crippen LogP contribution is -2.49. The maximum absolute atomic E-state index is 12.6. The van der Waals surface area contributed by atoms with Crippen LogP contribution < -0.4 is 4.90 Å². The molecule has 3 heterocycles. The molecule has 2 aromatic heterocycles. The lowest BCUT2D eigenvalue weighted by atomic mass is 10.3. The van der Waals surface area contributed by atoms with Crippen LogP contribution in [-0.4, -0.2) is 46.5 Å². The van der Waals surface area contributed by atoms with Gasteiger partial charge in [-0.2, -0.15) is 0 Å². The zero-order valence-electron chi connectivity index (χ0n) is 11.8. The van der Waals surface area contributed by atoms with Crippen molar-refractivity contribution in [3.8, 4) is 0 Å². The summed E-state index contributed by atoms with van der Waals surface area (Å²) in [5, 5.41) is 3.03. The summed E-state index contributed by atoms with van der Waals surface area (Å²) in [6.07, 6.45) is 3.78. The van der Waals surface area contributed by atoms with Crippen LogP contribution >= 0.6 is 27.3 Å². The van der Waals surface area contributed by atoms with Crippen molar-refractivity contribution < 1.29 is 4.79 Å². The molecular weight excluding hydrogens is 352 g/mol. The van der Waals surface area contributed by atoms with Crippen LogP contribution in [0.25, 0.3) is 0 Å². The Morgan fingerprint density at radius 2 is 2.14 bits per heavy atom. The molecule has 3 rings (SSSR count). The maximum Gasteiger partial charge on any atom is 0.270 e. The molecule has 5 nitrogen and oxygen atoms in total. The number of nitrogens with zero attached hydrogens (tertiary/aromatic N) is 4. The first kappa shape index (κ1) is 14.6. The maximum atomic E-state index is 12.6. The van der Waals surface area contributed by atoms with Gasteiger partial charge in [0.25, 0.3) is 5.91 Å². The summed E-state index contributed by atoms with van der Waals surface area (Å²) in [6, 6.07) is 1.90. The zero-order chi connectivity index (χ0) is 14.8. The molecule has 0 N–H and O–H groups in total. The van der Waals surface area contributed by atoms with Crippen LogP contribution in [0.1, 0.15) is 17.4 Å². The Kier molecular flexibility index (Phi) is 4.30. The van der Waals surface area contributed by atoms with Gasteiger partial charge in [0.2, 0.25) is 0 Å². The van der Waals surface area contributed by atoms with E-state index in [1.54, 1.807) is 11.3 Å². The van der Waals surface area contributed by atoms with Crippen molar-refractivity contribution in [1.82, 2.24) is 14.5 Å². The minimum absolute atomic E-state index is 0.112. The highest BCUT2D eigenvalue weighted by atomic mass is 79.9. The van der Waals surface area contributed by atoms with Crippen molar-refractivity contribution in [1.29, 1.82) is 0 Å². The predicted octanol–water partition coefficient (Wildman–Crippen LogP) is 2.69. The number of hydrogen-bond donors (Lipinski definition) is 0. The second kappa shape index (κ2) is 6.19. The van der Waals surface area contributed by atoms with Crippen LogP contribution in [0.15, 0.2) is 28.3 Å². The molecule has 0 bridgehead atoms. The zero-order valence-corrected chi connectivity index (χ0v) is 14.2. The van der Waals surface area contributed by atoms with Gasteiger partial charge in [0, 0.05) is 55.0 Å². The Balaban J connectivity index is 1.67. The summed E-state index contributed by atoms with van der Waals surface area (Å²) in [4.78, 5) is 21.1. The summed E-state index contributed by atoms with van der Waals surface area (Å²) in [5.41, 5.74) is 0.757. The van der Waals surface area contributed by atoms with E-state index in [-0.39, 0.29) is 5.91 Å². The highest BCUT2D eigenvalue weighted by Crippen LogP contribution is 2.21. The number of thiazole rings is 1. The van der Waals surface area contributed by atoms with Crippen LogP contribution in [0.5, 0.6) is 0 Å². The minimum Gasteiger partial charge on any atom is -0.345 e. The fourth-order valence-electron chi connectivity index (χ4n) is 2.55. The molecule has 0 saturated carbocycles. The number of amides is 1. The van der Waals surface area contributed by atoms with E-state index in [4.69, 9.17) is 0 Å². The molecule has 1 saturated heterocycles. The van der Waals surface area contributed by atoms with E-state index in [1.807, 2.05) is 40.2 Å². The van der Waals surface area contributed by atoms with Crippen molar-refractivity contribution in [2.75, 3.05) is 31.1 Å². The Morgan fingerprint density at radius 3 is 2.76 bits per heavy atom. The number of halogens is 1. The largest absolute Gasteiger partial charge is 0.345 e. The van der Waals surface area contributed by atoms with Crippen LogP contribution in [0, 0.1) is 0 Å². The molecule has 112 valence electrons. The van der Waals surface area contributed by atoms with E-state index >= 15 is 0 Å². The van der Waals surface area contributed by atoms with Crippen LogP contribution in [0.3, 0.4) is 0 Å². The van der Waals surface area contributed by atoms with Gasteiger partial charge in [-0.05, 0) is 28.9 Å². The van der Waals surface area contributed by atoms with Gasteiger partial charge in [-0.3, -0.25) is 4.79 Å². The highest BCUT2D eigenvalue weighted by Gasteiger charge is 2.25. The molecule has 21 heavy (non-hydrogen) atoms. The van der Waals surface area contributed by atoms with Gasteiger partial charge in [0.05, 0.1) is 0 Å². The lowest BCUT2D eigenvalue weighted by Gasteiger charge is -2.34. The standard InChI is InChI=1S/C14H17BrN4OS/c1-2-17-10-11(15)9-12(17)13(20)18-4-6-19(7-5-18)14-16-3-8-21-14/h3,8-10H,2,4-7H2,1H3. The molecule has 0 unspecified atom stereocenters. The van der Waals surface area contributed by atoms with Crippen LogP contribution in [0.4, 0.5) is 5.13 Å². The first-order chi connectivity index (χ1) is 10.2. The van der Waals surface area contributed by atoms with E-state index in [0.717, 1.165) is 48.0 Å². The Morgan fingerprint density at radius 1 is 1.38 bits per heavy atom. The second-order valence-electron chi connectivity index (χ2n) is 4.92. The van der Waals surface area contributed by atoms with E-state index in [9.17, 15) is 4.79 Å². The van der Waals surface area contributed by atoms with Gasteiger partial charge < -0.3 is 14.4 Å². The minimum atomic E-state index is 0.112. The Labute approximate surface area is 136 Å². The number of carbonyl (C=O) groups excluding carboxylic acids is 1. The molecule has 1 aliphatic rings. The van der Waals surface area contributed by atoms with Crippen LogP contribution in [0.2, 0.25) is 0 Å². The molecule has 1 aliphatic heterocycles. The van der Waals surface area contributed by atoms with E-state index in [1.165, 1.54) is 0 Å². The molecule has 1 fully saturated rings. The highest BCUT2D eigenvalue weighted by molar-refractivity contribution is 9.10. The molecule has 0 radical (unpaired) electrons. The van der Waals surface area contributed by atoms with Crippen molar-refractivity contribution in [3.05, 3.63) is 34.0 Å². The van der Waals surface area contributed by atoms with E-state index < -0.39 is 0 Å². The summed E-state index contributed by atoms with van der Waals surface area (Å²) < 4.78 is 2.94. The number of hydrogen-bond acceptors (Lipinski definition) is 4. The number of anilines is 1. The van der Waals surface area contributed by atoms with Crippen molar-refractivity contribution in [2.45, 2.75) is 13.5 Å². The Hall–Kier alpha value is -1.34. The van der Waals surface area contributed by atoms with Gasteiger partial charge >= 0.3 is 0 Å². The molecule has 7 heteroatoms. The molecular formula is C14H17BrN4OS. The number of aryl methyl sites for hydroxylation is 1. The van der Waals surface area contributed by atoms with Gasteiger partial charge in [-0.25, -0.2) is 4.98 Å². The number of piperazine rings is 1. The average molecular weight is 369 g/mol. The summed E-state index contributed by atoms with van der Waals surface area (Å²) in [7, 11) is 0. The third-order valence-electron chi connectivity index (χ3n) is 3.68. The topological polar surface area (TPSA) is 41.4 Å². The third-order valence-corrected chi connectivity index (χ3v) is 4.95. The smallest absolute Gasteiger partial charge is 0.270 e. The van der Waals surface area contributed by atoms with Gasteiger partial charge in [0.1, 0.15) is 5.69 Å². The van der Waals surface area contributed by atoms with E-state index in [2.05, 4.69) is 25.8 Å². The SMILES string of the molecule is CCn1cc(Br)cc1C(=O)N1CCN(c2nccs2)CC1. The molecule has 0 spiro atoms. The quantitative estimate of drug-likeness (QED) is 0.836. The lowest BCUT2D eigenvalue weighted by molar-refractivity contribution is 0.0736. The number of aromatic nitrogens is 2. The van der Waals surface area contributed by atoms with Gasteiger partial charge in [-0.15, -0.1) is 11.3 Å². The number of rotatable bonds is 3. The summed E-state index contributed by atoms with van der Waals surface area (Å²) in [6.45, 7) is 6.01. The van der Waals surface area contributed by atoms with E-state index in [0.29, 0.717) is 0 Å². The average Bonchev–Trinajstić information content (AvgIpc) is 3.16. The fraction of sp³-hybridized carbons (Fsp3) is 0.429. The molecule has 0 aliphatic carbocycles. The normalized spacial score (nSPS) is 15.5. The molecule has 2 aromatic rings. The molecule has 0 aromatic carbocycles. The van der Waals surface area contributed by atoms with Crippen molar-refractivity contribution >= 4 is 38.3 Å². The summed E-state index contributed by atoms with van der Waals surface area (Å²) >= 11 is 5.09. The Bertz CT molecular complexity index is 617. The first-order valence-corrected chi connectivity index (χ1v) is 8.65. The fourth-order valence-corrected chi connectivity index (χ4v) is 3.71. The van der Waals surface area contributed by atoms with Gasteiger partial charge in [-0.1, -0.05) is 0 Å². The van der Waals surface area contributed by atoms with Crippen molar-refractivity contribution in [3.63, 3.8) is 0 Å². The summed E-state index contributed by atoms with van der Waals surface area (Å²) in [5.74, 6) is 0.112. The second-order valence-corrected chi connectivity index (χ2v) is 6.71. The van der Waals surface area contributed by atoms with Crippen molar-refractivity contribution in [2.24, 2.45) is 0 Å². The third kappa shape index (κ3) is 2.98. The van der Waals surface area contributed by atoms with Crippen LogP contribution in [-0.2, 0) is 6.54 Å². The van der Waals surface area contributed by atoms with Gasteiger partial charge in [0.15, 0.2) is 5.13 Å². The molecule has 0 atom stereocenters.